The number of rotatable bonds is 7. The normalized spacial score (nSPS) is 15.9. The maximum Gasteiger partial charge on any atom is 0.293 e. The Labute approximate surface area is 179 Å². The molecule has 1 aromatic carbocycles. The van der Waals surface area contributed by atoms with E-state index in [1.54, 1.807) is 6.21 Å². The zero-order valence-electron chi connectivity index (χ0n) is 17.3. The number of nitrogens with zero attached hydrogens (tertiary/aromatic N) is 7. The standard InChI is InChI=1S/C20H25N9O2/c1-14(15-8-4-2-5-9-15)12-22-24-20(30)17-16(13-28-10-6-3-7-11-28)29(27-23-17)19-18(21)25-31-26-19/h2,4-5,8-9,12,14H,3,6-7,10-11,13H2,1H3,(H2,21,25)(H,24,30)/t14-/m1/s1. The number of nitrogens with one attached hydrogen (secondary N) is 1. The Bertz CT molecular complexity index is 1040. The first-order valence-electron chi connectivity index (χ1n) is 10.3. The van der Waals surface area contributed by atoms with E-state index in [2.05, 4.69) is 36.1 Å². The summed E-state index contributed by atoms with van der Waals surface area (Å²) in [6.07, 6.45) is 5.11. The van der Waals surface area contributed by atoms with Crippen LogP contribution in [0, 0.1) is 0 Å². The van der Waals surface area contributed by atoms with Crippen molar-refractivity contribution < 1.29 is 9.42 Å². The summed E-state index contributed by atoms with van der Waals surface area (Å²) in [5.74, 6) is -0.123. The van der Waals surface area contributed by atoms with Crippen molar-refractivity contribution >= 4 is 17.9 Å². The van der Waals surface area contributed by atoms with Crippen molar-refractivity contribution in [3.05, 3.63) is 47.3 Å². The van der Waals surface area contributed by atoms with Crippen molar-refractivity contribution in [1.82, 2.24) is 35.6 Å². The zero-order valence-corrected chi connectivity index (χ0v) is 17.3. The number of hydrazone groups is 1. The molecule has 3 N–H and O–H groups in total. The van der Waals surface area contributed by atoms with Crippen LogP contribution in [0.4, 0.5) is 5.82 Å². The van der Waals surface area contributed by atoms with E-state index in [0.29, 0.717) is 12.2 Å². The highest BCUT2D eigenvalue weighted by atomic mass is 16.6. The quantitative estimate of drug-likeness (QED) is 0.432. The lowest BCUT2D eigenvalue weighted by atomic mass is 10.0. The molecule has 11 heteroatoms. The Balaban J connectivity index is 1.53. The number of nitrogens with two attached hydrogens (primary N) is 1. The Morgan fingerprint density at radius 2 is 2.03 bits per heavy atom. The van der Waals surface area contributed by atoms with Gasteiger partial charge in [0.15, 0.2) is 5.69 Å². The predicted molar refractivity (Wildman–Crippen MR) is 114 cm³/mol. The average molecular weight is 423 g/mol. The molecule has 0 unspecified atom stereocenters. The minimum Gasteiger partial charge on any atom is -0.378 e. The molecule has 0 spiro atoms. The molecule has 162 valence electrons. The van der Waals surface area contributed by atoms with Crippen LogP contribution >= 0.6 is 0 Å². The highest BCUT2D eigenvalue weighted by Crippen LogP contribution is 2.20. The number of anilines is 1. The van der Waals surface area contributed by atoms with Crippen molar-refractivity contribution in [2.24, 2.45) is 5.10 Å². The SMILES string of the molecule is C[C@H](C=NNC(=O)c1nnn(-c2nonc2N)c1CN1CCCCC1)c1ccccc1. The Morgan fingerprint density at radius 1 is 1.26 bits per heavy atom. The number of piperidine rings is 1. The molecule has 0 aliphatic carbocycles. The number of carbonyl (C=O) groups is 1. The van der Waals surface area contributed by atoms with Crippen LogP contribution in [-0.4, -0.2) is 55.4 Å². The van der Waals surface area contributed by atoms with Crippen LogP contribution in [0.15, 0.2) is 40.1 Å². The number of hydrogen-bond acceptors (Lipinski definition) is 9. The van der Waals surface area contributed by atoms with E-state index >= 15 is 0 Å². The lowest BCUT2D eigenvalue weighted by molar-refractivity contribution is 0.0947. The molecule has 1 atom stereocenters. The number of carbonyl (C=O) groups excluding carboxylic acids is 1. The van der Waals surface area contributed by atoms with Gasteiger partial charge in [-0.1, -0.05) is 48.9 Å². The van der Waals surface area contributed by atoms with Gasteiger partial charge in [-0.25, -0.2) is 10.1 Å². The highest BCUT2D eigenvalue weighted by Gasteiger charge is 2.26. The van der Waals surface area contributed by atoms with Crippen molar-refractivity contribution in [2.75, 3.05) is 18.8 Å². The van der Waals surface area contributed by atoms with Gasteiger partial charge in [-0.15, -0.1) is 5.10 Å². The van der Waals surface area contributed by atoms with Gasteiger partial charge >= 0.3 is 0 Å². The van der Waals surface area contributed by atoms with E-state index in [1.807, 2.05) is 37.3 Å². The van der Waals surface area contributed by atoms with Crippen LogP contribution in [-0.2, 0) is 6.54 Å². The van der Waals surface area contributed by atoms with E-state index in [9.17, 15) is 4.79 Å². The third kappa shape index (κ3) is 4.77. The first-order chi connectivity index (χ1) is 15.1. The van der Waals surface area contributed by atoms with Crippen LogP contribution in [0.2, 0.25) is 0 Å². The Kier molecular flexibility index (Phi) is 6.32. The first kappa shape index (κ1) is 20.7. The summed E-state index contributed by atoms with van der Waals surface area (Å²) in [6.45, 7) is 4.35. The van der Waals surface area contributed by atoms with Gasteiger partial charge in [0.25, 0.3) is 5.91 Å². The van der Waals surface area contributed by atoms with E-state index in [4.69, 9.17) is 10.4 Å². The van der Waals surface area contributed by atoms with Gasteiger partial charge in [0.05, 0.1) is 5.69 Å². The van der Waals surface area contributed by atoms with Gasteiger partial charge in [0, 0.05) is 18.7 Å². The van der Waals surface area contributed by atoms with E-state index < -0.39 is 5.91 Å². The molecule has 1 saturated heterocycles. The molecule has 1 aliphatic rings. The second-order valence-electron chi connectivity index (χ2n) is 7.52. The largest absolute Gasteiger partial charge is 0.378 e. The Hall–Kier alpha value is -3.60. The third-order valence-electron chi connectivity index (χ3n) is 5.29. The molecule has 3 heterocycles. The maximum absolute atomic E-state index is 12.8. The molecule has 2 aromatic heterocycles. The molecule has 0 bridgehead atoms. The van der Waals surface area contributed by atoms with Gasteiger partial charge in [-0.2, -0.15) is 9.78 Å². The summed E-state index contributed by atoms with van der Waals surface area (Å²) < 4.78 is 6.10. The predicted octanol–water partition coefficient (Wildman–Crippen LogP) is 1.74. The number of aromatic nitrogens is 5. The number of nitrogen functional groups attached to an aromatic ring is 1. The molecule has 4 rings (SSSR count). The molecule has 31 heavy (non-hydrogen) atoms. The number of benzene rings is 1. The van der Waals surface area contributed by atoms with Crippen LogP contribution in [0.5, 0.6) is 0 Å². The fourth-order valence-electron chi connectivity index (χ4n) is 3.56. The molecule has 1 amide bonds. The summed E-state index contributed by atoms with van der Waals surface area (Å²) in [7, 11) is 0. The lowest BCUT2D eigenvalue weighted by Gasteiger charge is -2.26. The summed E-state index contributed by atoms with van der Waals surface area (Å²) in [5, 5.41) is 19.7. The second kappa shape index (κ2) is 9.47. The minimum atomic E-state index is -0.454. The smallest absolute Gasteiger partial charge is 0.293 e. The summed E-state index contributed by atoms with van der Waals surface area (Å²) in [6, 6.07) is 9.91. The molecular formula is C20H25N9O2. The minimum absolute atomic E-state index is 0.0472. The van der Waals surface area contributed by atoms with Crippen LogP contribution in [0.3, 0.4) is 0 Å². The number of amides is 1. The van der Waals surface area contributed by atoms with Gasteiger partial charge < -0.3 is 5.73 Å². The maximum atomic E-state index is 12.8. The monoisotopic (exact) mass is 423 g/mol. The summed E-state index contributed by atoms with van der Waals surface area (Å²) in [4.78, 5) is 15.1. The van der Waals surface area contributed by atoms with Gasteiger partial charge in [0.2, 0.25) is 11.6 Å². The zero-order chi connectivity index (χ0) is 21.6. The molecule has 0 radical (unpaired) electrons. The lowest BCUT2D eigenvalue weighted by Crippen LogP contribution is -2.31. The molecular weight excluding hydrogens is 398 g/mol. The molecule has 11 nitrogen and oxygen atoms in total. The summed E-state index contributed by atoms with van der Waals surface area (Å²) in [5.41, 5.74) is 10.2. The molecule has 0 saturated carbocycles. The van der Waals surface area contributed by atoms with Crippen molar-refractivity contribution in [1.29, 1.82) is 0 Å². The third-order valence-corrected chi connectivity index (χ3v) is 5.29. The van der Waals surface area contributed by atoms with Crippen LogP contribution in [0.1, 0.15) is 53.8 Å². The van der Waals surface area contributed by atoms with E-state index in [0.717, 1.165) is 31.5 Å². The van der Waals surface area contributed by atoms with Gasteiger partial charge in [-0.05, 0) is 41.8 Å². The average Bonchev–Trinajstić information content (AvgIpc) is 3.40. The van der Waals surface area contributed by atoms with Crippen molar-refractivity contribution in [2.45, 2.75) is 38.6 Å². The fourth-order valence-corrected chi connectivity index (χ4v) is 3.56. The van der Waals surface area contributed by atoms with Gasteiger partial charge in [0.1, 0.15) is 0 Å². The Morgan fingerprint density at radius 3 is 2.74 bits per heavy atom. The molecule has 1 fully saturated rings. The number of likely N-dealkylation sites (tertiary alicyclic amines) is 1. The summed E-state index contributed by atoms with van der Waals surface area (Å²) >= 11 is 0. The topological polar surface area (TPSA) is 140 Å². The number of hydrogen-bond donors (Lipinski definition) is 2. The second-order valence-corrected chi connectivity index (χ2v) is 7.52. The van der Waals surface area contributed by atoms with Crippen LogP contribution < -0.4 is 11.2 Å². The van der Waals surface area contributed by atoms with E-state index in [-0.39, 0.29) is 23.2 Å². The van der Waals surface area contributed by atoms with Gasteiger partial charge in [-0.3, -0.25) is 9.69 Å². The first-order valence-corrected chi connectivity index (χ1v) is 10.3. The molecule has 1 aliphatic heterocycles. The fraction of sp³-hybridized carbons (Fsp3) is 0.400. The van der Waals surface area contributed by atoms with E-state index in [1.165, 1.54) is 11.1 Å². The molecule has 3 aromatic rings. The highest BCUT2D eigenvalue weighted by molar-refractivity contribution is 5.93. The van der Waals surface area contributed by atoms with Crippen LogP contribution in [0.25, 0.3) is 5.82 Å². The van der Waals surface area contributed by atoms with Crippen molar-refractivity contribution in [3.63, 3.8) is 0 Å². The van der Waals surface area contributed by atoms with Crippen molar-refractivity contribution in [3.8, 4) is 5.82 Å².